The number of piperidine rings is 1. The highest BCUT2D eigenvalue weighted by Gasteiger charge is 2.70. The van der Waals surface area contributed by atoms with Gasteiger partial charge in [-0.1, -0.05) is 24.3 Å². The van der Waals surface area contributed by atoms with Crippen LogP contribution in [-0.4, -0.2) is 30.3 Å². The van der Waals surface area contributed by atoms with Crippen molar-refractivity contribution in [3.8, 4) is 0 Å². The van der Waals surface area contributed by atoms with Crippen LogP contribution in [0.2, 0.25) is 0 Å². The van der Waals surface area contributed by atoms with Gasteiger partial charge in [-0.3, -0.25) is 0 Å². The molecule has 2 atom stereocenters. The van der Waals surface area contributed by atoms with Crippen molar-refractivity contribution in [2.24, 2.45) is 5.41 Å². The number of benzene rings is 1. The Morgan fingerprint density at radius 3 is 2.48 bits per heavy atom. The third-order valence-corrected chi connectivity index (χ3v) is 5.64. The van der Waals surface area contributed by atoms with Gasteiger partial charge in [0.2, 0.25) is 0 Å². The molecule has 23 heavy (non-hydrogen) atoms. The summed E-state index contributed by atoms with van der Waals surface area (Å²) in [6.45, 7) is 4.94. The van der Waals surface area contributed by atoms with Gasteiger partial charge in [0.05, 0.1) is 5.56 Å². The lowest BCUT2D eigenvalue weighted by atomic mass is 9.88. The zero-order valence-electron chi connectivity index (χ0n) is 13.2. The lowest BCUT2D eigenvalue weighted by Crippen LogP contribution is -2.28. The van der Waals surface area contributed by atoms with Crippen LogP contribution in [0.15, 0.2) is 36.4 Å². The molecule has 1 heterocycles. The van der Waals surface area contributed by atoms with E-state index in [4.69, 9.17) is 0 Å². The molecule has 3 rings (SSSR count). The minimum absolute atomic E-state index is 0.0137. The summed E-state index contributed by atoms with van der Waals surface area (Å²) in [4.78, 5) is 2.43. The number of fused-ring (bicyclic) bond motifs is 1. The third-order valence-electron chi connectivity index (χ3n) is 5.33. The first-order valence-electron chi connectivity index (χ1n) is 8.02. The molecular weight excluding hydrogens is 319 g/mol. The number of thiol groups is 1. The molecule has 1 aliphatic heterocycles. The van der Waals surface area contributed by atoms with Crippen LogP contribution in [0.1, 0.15) is 30.9 Å². The van der Waals surface area contributed by atoms with E-state index in [1.54, 1.807) is 12.1 Å². The maximum Gasteiger partial charge on any atom is 0.416 e. The summed E-state index contributed by atoms with van der Waals surface area (Å²) in [5, 5.41) is 0. The van der Waals surface area contributed by atoms with Crippen LogP contribution in [-0.2, 0) is 11.6 Å². The molecule has 1 aromatic carbocycles. The lowest BCUT2D eigenvalue weighted by Gasteiger charge is -2.20. The quantitative estimate of drug-likeness (QED) is 0.608. The van der Waals surface area contributed by atoms with Crippen molar-refractivity contribution in [1.29, 1.82) is 0 Å². The molecule has 1 saturated heterocycles. The van der Waals surface area contributed by atoms with E-state index in [-0.39, 0.29) is 10.8 Å². The number of hydrogen-bond donors (Lipinski definition) is 1. The van der Waals surface area contributed by atoms with Crippen LogP contribution in [0, 0.1) is 5.41 Å². The highest BCUT2D eigenvalue weighted by molar-refractivity contribution is 7.80. The van der Waals surface area contributed by atoms with Gasteiger partial charge in [-0.15, -0.1) is 0 Å². The standard InChI is InChI=1S/C18H22F3NS/c1-2-8-16-11-17(16,13-22(12-16)9-3-10-23)14-4-6-15(7-5-14)18(19,20)21/h2,4-8,23H,3,9-13H2,1H3/b8-2+/t16-,17+/m0/s1. The minimum Gasteiger partial charge on any atom is -0.301 e. The molecule has 1 aromatic rings. The summed E-state index contributed by atoms with van der Waals surface area (Å²) in [5.74, 6) is 0.862. The number of rotatable bonds is 5. The summed E-state index contributed by atoms with van der Waals surface area (Å²) in [5.41, 5.74) is 0.551. The molecule has 0 amide bonds. The summed E-state index contributed by atoms with van der Waals surface area (Å²) in [6, 6.07) is 5.80. The number of alkyl halides is 3. The average molecular weight is 341 g/mol. The first kappa shape index (κ1) is 16.9. The molecular formula is C18H22F3NS. The first-order chi connectivity index (χ1) is 10.9. The number of allylic oxidation sites excluding steroid dienone is 1. The second kappa shape index (κ2) is 5.85. The van der Waals surface area contributed by atoms with E-state index >= 15 is 0 Å². The number of halogens is 3. The second-order valence-electron chi connectivity index (χ2n) is 6.78. The molecule has 126 valence electrons. The predicted octanol–water partition coefficient (Wildman–Crippen LogP) is 4.54. The maximum atomic E-state index is 12.8. The molecule has 1 saturated carbocycles. The average Bonchev–Trinajstić information content (AvgIpc) is 3.01. The summed E-state index contributed by atoms with van der Waals surface area (Å²) >= 11 is 4.27. The minimum atomic E-state index is -4.27. The van der Waals surface area contributed by atoms with E-state index in [0.29, 0.717) is 0 Å². The first-order valence-corrected chi connectivity index (χ1v) is 8.65. The molecule has 0 aromatic heterocycles. The molecule has 0 spiro atoms. The van der Waals surface area contributed by atoms with Gasteiger partial charge in [0, 0.05) is 23.9 Å². The van der Waals surface area contributed by atoms with Crippen molar-refractivity contribution in [3.63, 3.8) is 0 Å². The van der Waals surface area contributed by atoms with Gasteiger partial charge in [-0.25, -0.2) is 0 Å². The SMILES string of the molecule is C/C=C/[C@]12CN(CCCS)C[C@@]1(c1ccc(C(F)(F)F)cc1)C2. The Balaban J connectivity index is 1.85. The molecule has 0 unspecified atom stereocenters. The van der Waals surface area contributed by atoms with Crippen LogP contribution < -0.4 is 0 Å². The smallest absolute Gasteiger partial charge is 0.301 e. The fourth-order valence-corrected chi connectivity index (χ4v) is 4.39. The van der Waals surface area contributed by atoms with Crippen molar-refractivity contribution in [2.75, 3.05) is 25.4 Å². The Labute approximate surface area is 141 Å². The van der Waals surface area contributed by atoms with Gasteiger partial charge in [-0.2, -0.15) is 25.8 Å². The summed E-state index contributed by atoms with van der Waals surface area (Å²) in [7, 11) is 0. The summed E-state index contributed by atoms with van der Waals surface area (Å²) in [6.07, 6.45) is 2.14. The van der Waals surface area contributed by atoms with E-state index < -0.39 is 11.7 Å². The van der Waals surface area contributed by atoms with Gasteiger partial charge < -0.3 is 4.90 Å². The molecule has 0 N–H and O–H groups in total. The van der Waals surface area contributed by atoms with E-state index in [1.807, 2.05) is 6.92 Å². The van der Waals surface area contributed by atoms with Crippen molar-refractivity contribution in [1.82, 2.24) is 4.90 Å². The van der Waals surface area contributed by atoms with Gasteiger partial charge in [0.25, 0.3) is 0 Å². The van der Waals surface area contributed by atoms with Crippen molar-refractivity contribution in [3.05, 3.63) is 47.5 Å². The van der Waals surface area contributed by atoms with Crippen LogP contribution >= 0.6 is 12.6 Å². The number of nitrogens with zero attached hydrogens (tertiary/aromatic N) is 1. The van der Waals surface area contributed by atoms with Gasteiger partial charge in [-0.05, 0) is 49.8 Å². The lowest BCUT2D eigenvalue weighted by molar-refractivity contribution is -0.137. The Morgan fingerprint density at radius 1 is 1.22 bits per heavy atom. The van der Waals surface area contributed by atoms with E-state index in [1.165, 1.54) is 12.1 Å². The fraction of sp³-hybridized carbons (Fsp3) is 0.556. The third kappa shape index (κ3) is 2.82. The molecule has 2 fully saturated rings. The van der Waals surface area contributed by atoms with Crippen LogP contribution in [0.4, 0.5) is 13.2 Å². The molecule has 0 bridgehead atoms. The van der Waals surface area contributed by atoms with Crippen molar-refractivity contribution >= 4 is 12.6 Å². The second-order valence-corrected chi connectivity index (χ2v) is 7.23. The monoisotopic (exact) mass is 341 g/mol. The van der Waals surface area contributed by atoms with E-state index in [0.717, 1.165) is 43.8 Å². The van der Waals surface area contributed by atoms with Gasteiger partial charge >= 0.3 is 6.18 Å². The molecule has 1 aliphatic carbocycles. The largest absolute Gasteiger partial charge is 0.416 e. The number of hydrogen-bond acceptors (Lipinski definition) is 2. The Hall–Kier alpha value is -0.940. The topological polar surface area (TPSA) is 3.24 Å². The van der Waals surface area contributed by atoms with Crippen molar-refractivity contribution < 1.29 is 13.2 Å². The molecule has 1 nitrogen and oxygen atoms in total. The normalized spacial score (nSPS) is 30.8. The Kier molecular flexibility index (Phi) is 4.30. The maximum absolute atomic E-state index is 12.8. The fourth-order valence-electron chi connectivity index (χ4n) is 4.25. The predicted molar refractivity (Wildman–Crippen MR) is 89.9 cm³/mol. The highest BCUT2D eigenvalue weighted by Crippen LogP contribution is 2.69. The van der Waals surface area contributed by atoms with Gasteiger partial charge in [0.15, 0.2) is 0 Å². The van der Waals surface area contributed by atoms with Crippen LogP contribution in [0.25, 0.3) is 0 Å². The Morgan fingerprint density at radius 2 is 1.91 bits per heavy atom. The van der Waals surface area contributed by atoms with Crippen LogP contribution in [0.5, 0.6) is 0 Å². The van der Waals surface area contributed by atoms with Crippen LogP contribution in [0.3, 0.4) is 0 Å². The zero-order chi connectivity index (χ0) is 16.7. The molecule has 2 aliphatic rings. The van der Waals surface area contributed by atoms with Gasteiger partial charge in [0.1, 0.15) is 0 Å². The Bertz CT molecular complexity index is 595. The zero-order valence-corrected chi connectivity index (χ0v) is 14.1. The molecule has 0 radical (unpaired) electrons. The van der Waals surface area contributed by atoms with E-state index in [2.05, 4.69) is 29.7 Å². The van der Waals surface area contributed by atoms with Crippen molar-refractivity contribution in [2.45, 2.75) is 31.4 Å². The highest BCUT2D eigenvalue weighted by atomic mass is 32.1. The van der Waals surface area contributed by atoms with E-state index in [9.17, 15) is 13.2 Å². The number of likely N-dealkylation sites (tertiary alicyclic amines) is 1. The molecule has 5 heteroatoms. The summed E-state index contributed by atoms with van der Waals surface area (Å²) < 4.78 is 38.3.